The average molecular weight is 503 g/mol. The summed E-state index contributed by atoms with van der Waals surface area (Å²) in [7, 11) is -3.97. The van der Waals surface area contributed by atoms with Gasteiger partial charge in [0.05, 0.1) is 25.4 Å². The summed E-state index contributed by atoms with van der Waals surface area (Å²) in [5.41, 5.74) is -0.0860. The summed E-state index contributed by atoms with van der Waals surface area (Å²) >= 11 is 0. The highest BCUT2D eigenvalue weighted by atomic mass is 31.2. The molecule has 1 heterocycles. The van der Waals surface area contributed by atoms with Crippen LogP contribution in [0.4, 0.5) is 0 Å². The Hall–Kier alpha value is -2.51. The van der Waals surface area contributed by atoms with Crippen LogP contribution in [0.1, 0.15) is 49.3 Å². The molecule has 1 fully saturated rings. The Kier molecular flexibility index (Phi) is 9.63. The van der Waals surface area contributed by atoms with Gasteiger partial charge in [-0.3, -0.25) is 14.2 Å². The molecule has 2 amide bonds. The van der Waals surface area contributed by atoms with Crippen LogP contribution in [-0.4, -0.2) is 61.3 Å². The van der Waals surface area contributed by atoms with Crippen molar-refractivity contribution in [1.82, 2.24) is 10.2 Å². The fourth-order valence-electron chi connectivity index (χ4n) is 4.02. The van der Waals surface area contributed by atoms with Crippen LogP contribution in [0, 0.1) is 0 Å². The summed E-state index contributed by atoms with van der Waals surface area (Å²) in [5, 5.41) is 2.88. The Morgan fingerprint density at radius 1 is 0.886 bits per heavy atom. The second-order valence-electron chi connectivity index (χ2n) is 8.96. The van der Waals surface area contributed by atoms with Crippen molar-refractivity contribution in [3.05, 3.63) is 71.8 Å². The van der Waals surface area contributed by atoms with E-state index in [1.54, 1.807) is 87.2 Å². The van der Waals surface area contributed by atoms with Crippen LogP contribution in [0.15, 0.2) is 60.7 Å². The van der Waals surface area contributed by atoms with Gasteiger partial charge < -0.3 is 24.0 Å². The predicted molar refractivity (Wildman–Crippen MR) is 134 cm³/mol. The summed E-state index contributed by atoms with van der Waals surface area (Å²) in [6.07, 6.45) is -0.871. The summed E-state index contributed by atoms with van der Waals surface area (Å²) in [6, 6.07) is 16.4. The predicted octanol–water partition coefficient (Wildman–Crippen LogP) is 4.43. The molecule has 2 atom stereocenters. The zero-order valence-electron chi connectivity index (χ0n) is 20.8. The third-order valence-electron chi connectivity index (χ3n) is 5.42. The molecular formula is C26H35N2O6P. The summed E-state index contributed by atoms with van der Waals surface area (Å²) in [5.74, 6) is -0.801. The molecule has 0 radical (unpaired) electrons. The normalized spacial score (nSPS) is 16.2. The zero-order valence-corrected chi connectivity index (χ0v) is 21.6. The second kappa shape index (κ2) is 12.5. The quantitative estimate of drug-likeness (QED) is 0.483. The number of carbonyl (C=O) groups is 2. The minimum absolute atomic E-state index is 0.355. The van der Waals surface area contributed by atoms with E-state index in [0.29, 0.717) is 37.4 Å². The Morgan fingerprint density at radius 3 is 1.91 bits per heavy atom. The molecule has 8 nitrogen and oxygen atoms in total. The number of morpholine rings is 1. The van der Waals surface area contributed by atoms with Gasteiger partial charge in [-0.15, -0.1) is 0 Å². The van der Waals surface area contributed by atoms with Crippen LogP contribution < -0.4 is 5.32 Å². The SMILES string of the molecule is CC(C)OP(=O)(OC(C)C)[C@H](c1ccccc1)[C@@H](NC(=O)c1ccccc1)C(=O)N1CCOCC1. The van der Waals surface area contributed by atoms with Crippen molar-refractivity contribution in [2.45, 2.75) is 51.6 Å². The lowest BCUT2D eigenvalue weighted by Crippen LogP contribution is -2.54. The number of rotatable bonds is 10. The topological polar surface area (TPSA) is 94.2 Å². The lowest BCUT2D eigenvalue weighted by molar-refractivity contribution is -0.137. The Balaban J connectivity index is 2.12. The molecular weight excluding hydrogens is 467 g/mol. The van der Waals surface area contributed by atoms with Crippen molar-refractivity contribution in [2.24, 2.45) is 0 Å². The number of nitrogens with zero attached hydrogens (tertiary/aromatic N) is 1. The van der Waals surface area contributed by atoms with Crippen LogP contribution in [0.25, 0.3) is 0 Å². The molecule has 1 aliphatic heterocycles. The van der Waals surface area contributed by atoms with E-state index in [0.717, 1.165) is 0 Å². The first kappa shape index (κ1) is 27.1. The van der Waals surface area contributed by atoms with Gasteiger partial charge in [-0.1, -0.05) is 48.5 Å². The Bertz CT molecular complexity index is 995. The molecule has 1 N–H and O–H groups in total. The van der Waals surface area contributed by atoms with Crippen LogP contribution in [0.2, 0.25) is 0 Å². The smallest absolute Gasteiger partial charge is 0.341 e. The molecule has 35 heavy (non-hydrogen) atoms. The van der Waals surface area contributed by atoms with Gasteiger partial charge in [-0.05, 0) is 45.4 Å². The van der Waals surface area contributed by atoms with Gasteiger partial charge in [0.2, 0.25) is 5.91 Å². The van der Waals surface area contributed by atoms with Crippen molar-refractivity contribution in [2.75, 3.05) is 26.3 Å². The standard InChI is InChI=1S/C26H35N2O6P/c1-19(2)33-35(31,34-20(3)4)24(21-11-7-5-8-12-21)23(26(30)28-15-17-32-18-16-28)27-25(29)22-13-9-6-10-14-22/h5-14,19-20,23-24H,15-18H2,1-4H3,(H,27,29)/t23-,24-/m1/s1. The zero-order chi connectivity index (χ0) is 25.4. The molecule has 0 saturated carbocycles. The van der Waals surface area contributed by atoms with Gasteiger partial charge in [-0.2, -0.15) is 0 Å². The molecule has 0 bridgehead atoms. The molecule has 9 heteroatoms. The number of ether oxygens (including phenoxy) is 1. The highest BCUT2D eigenvalue weighted by Gasteiger charge is 2.48. The third kappa shape index (κ3) is 7.24. The van der Waals surface area contributed by atoms with E-state index in [1.807, 2.05) is 6.07 Å². The number of benzene rings is 2. The van der Waals surface area contributed by atoms with Gasteiger partial charge in [0.25, 0.3) is 5.91 Å². The van der Waals surface area contributed by atoms with Crippen molar-refractivity contribution in [3.8, 4) is 0 Å². The fraction of sp³-hybridized carbons (Fsp3) is 0.462. The molecule has 190 valence electrons. The van der Waals surface area contributed by atoms with Crippen LogP contribution in [0.5, 0.6) is 0 Å². The highest BCUT2D eigenvalue weighted by molar-refractivity contribution is 7.54. The molecule has 1 saturated heterocycles. The Labute approximate surface area is 207 Å². The first-order valence-electron chi connectivity index (χ1n) is 11.9. The van der Waals surface area contributed by atoms with E-state index in [1.165, 1.54) is 0 Å². The van der Waals surface area contributed by atoms with Crippen LogP contribution >= 0.6 is 7.60 Å². The fourth-order valence-corrected chi connectivity index (χ4v) is 6.61. The first-order valence-corrected chi connectivity index (χ1v) is 13.6. The molecule has 0 aromatic heterocycles. The average Bonchev–Trinajstić information content (AvgIpc) is 2.83. The third-order valence-corrected chi connectivity index (χ3v) is 8.13. The lowest BCUT2D eigenvalue weighted by Gasteiger charge is -2.37. The van der Waals surface area contributed by atoms with Crippen molar-refractivity contribution < 1.29 is 27.9 Å². The number of carbonyl (C=O) groups excluding carboxylic acids is 2. The van der Waals surface area contributed by atoms with Gasteiger partial charge in [0.1, 0.15) is 11.7 Å². The molecule has 1 aliphatic rings. The number of hydrogen-bond acceptors (Lipinski definition) is 6. The second-order valence-corrected chi connectivity index (χ2v) is 11.0. The molecule has 0 unspecified atom stereocenters. The summed E-state index contributed by atoms with van der Waals surface area (Å²) in [4.78, 5) is 28.8. The molecule has 2 aromatic carbocycles. The minimum atomic E-state index is -3.97. The van der Waals surface area contributed by atoms with E-state index in [9.17, 15) is 14.2 Å². The molecule has 0 aliphatic carbocycles. The van der Waals surface area contributed by atoms with E-state index in [2.05, 4.69) is 5.32 Å². The summed E-state index contributed by atoms with van der Waals surface area (Å²) in [6.45, 7) is 8.59. The molecule has 0 spiro atoms. The van der Waals surface area contributed by atoms with E-state index in [4.69, 9.17) is 13.8 Å². The van der Waals surface area contributed by atoms with Crippen LogP contribution in [-0.2, 0) is 23.1 Å². The van der Waals surface area contributed by atoms with E-state index < -0.39 is 37.4 Å². The minimum Gasteiger partial charge on any atom is -0.378 e. The van der Waals surface area contributed by atoms with E-state index >= 15 is 0 Å². The van der Waals surface area contributed by atoms with Crippen LogP contribution in [0.3, 0.4) is 0 Å². The number of nitrogens with one attached hydrogen (secondary N) is 1. The highest BCUT2D eigenvalue weighted by Crippen LogP contribution is 2.64. The monoisotopic (exact) mass is 502 g/mol. The van der Waals surface area contributed by atoms with E-state index in [-0.39, 0.29) is 5.91 Å². The number of amides is 2. The van der Waals surface area contributed by atoms with Gasteiger partial charge in [-0.25, -0.2) is 0 Å². The van der Waals surface area contributed by atoms with Gasteiger partial charge in [0.15, 0.2) is 0 Å². The maximum Gasteiger partial charge on any atom is 0.341 e. The maximum atomic E-state index is 14.5. The lowest BCUT2D eigenvalue weighted by atomic mass is 10.0. The van der Waals surface area contributed by atoms with Gasteiger partial charge >= 0.3 is 7.60 Å². The molecule has 3 rings (SSSR count). The van der Waals surface area contributed by atoms with Crippen molar-refractivity contribution in [1.29, 1.82) is 0 Å². The Morgan fingerprint density at radius 2 is 1.40 bits per heavy atom. The van der Waals surface area contributed by atoms with Crippen molar-refractivity contribution in [3.63, 3.8) is 0 Å². The largest absolute Gasteiger partial charge is 0.378 e. The summed E-state index contributed by atoms with van der Waals surface area (Å²) < 4.78 is 31.8. The first-order chi connectivity index (χ1) is 16.7. The van der Waals surface area contributed by atoms with Crippen molar-refractivity contribution >= 4 is 19.4 Å². The molecule has 2 aromatic rings. The van der Waals surface area contributed by atoms with Gasteiger partial charge in [0, 0.05) is 18.7 Å². The number of hydrogen-bond donors (Lipinski definition) is 1. The maximum absolute atomic E-state index is 14.5.